The van der Waals surface area contributed by atoms with Crippen molar-refractivity contribution in [1.29, 1.82) is 0 Å². The number of halogens is 7. The highest BCUT2D eigenvalue weighted by molar-refractivity contribution is 5.87. The van der Waals surface area contributed by atoms with Crippen LogP contribution in [-0.4, -0.2) is 64.6 Å². The summed E-state index contributed by atoms with van der Waals surface area (Å²) in [5.74, 6) is -1.02. The number of rotatable bonds is 4. The summed E-state index contributed by atoms with van der Waals surface area (Å²) in [6.45, 7) is 0.569. The monoisotopic (exact) mass is 604 g/mol. The quantitative estimate of drug-likeness (QED) is 0.473. The predicted molar refractivity (Wildman–Crippen MR) is 136 cm³/mol. The van der Waals surface area contributed by atoms with Gasteiger partial charge < -0.3 is 19.6 Å². The van der Waals surface area contributed by atoms with E-state index in [4.69, 9.17) is 4.74 Å². The Kier molecular flexibility index (Phi) is 9.81. The molecular weight excluding hydrogens is 573 g/mol. The van der Waals surface area contributed by atoms with Gasteiger partial charge in [-0.05, 0) is 61.6 Å². The molecular formula is C29H31F7N2O4. The first-order valence-corrected chi connectivity index (χ1v) is 13.6. The zero-order valence-electron chi connectivity index (χ0n) is 22.5. The molecule has 3 aliphatic heterocycles. The summed E-state index contributed by atoms with van der Waals surface area (Å²) in [6.07, 6.45) is -9.08. The van der Waals surface area contributed by atoms with Crippen LogP contribution in [-0.2, 0) is 33.3 Å². The van der Waals surface area contributed by atoms with Crippen molar-refractivity contribution in [3.63, 3.8) is 0 Å². The van der Waals surface area contributed by atoms with Crippen LogP contribution in [0.4, 0.5) is 30.7 Å². The Morgan fingerprint density at radius 3 is 2.05 bits per heavy atom. The van der Waals surface area contributed by atoms with Crippen LogP contribution in [0.15, 0.2) is 48.5 Å². The SMILES string of the molecule is Fc1ccccc1.O=C(C1CC(=O)N2CC(OCc3cc(C(F)(F)F)cc(C(F)(F)F)c3)CC2C1)N1CCC(O)CC1. The maximum Gasteiger partial charge on any atom is 0.416 e. The first-order valence-electron chi connectivity index (χ1n) is 13.6. The largest absolute Gasteiger partial charge is 0.416 e. The Hall–Kier alpha value is -3.19. The predicted octanol–water partition coefficient (Wildman–Crippen LogP) is 5.43. The number of likely N-dealkylation sites (tertiary alicyclic amines) is 1. The molecule has 0 radical (unpaired) electrons. The van der Waals surface area contributed by atoms with Gasteiger partial charge in [-0.2, -0.15) is 26.3 Å². The van der Waals surface area contributed by atoms with Crippen LogP contribution in [0.1, 0.15) is 48.8 Å². The number of benzene rings is 2. The number of nitrogens with zero attached hydrogens (tertiary/aromatic N) is 2. The van der Waals surface area contributed by atoms with E-state index in [0.29, 0.717) is 50.9 Å². The zero-order valence-corrected chi connectivity index (χ0v) is 22.5. The van der Waals surface area contributed by atoms with E-state index in [2.05, 4.69) is 0 Å². The van der Waals surface area contributed by atoms with Crippen molar-refractivity contribution in [1.82, 2.24) is 9.80 Å². The maximum absolute atomic E-state index is 13.1. The van der Waals surface area contributed by atoms with E-state index >= 15 is 0 Å². The van der Waals surface area contributed by atoms with Crippen LogP contribution in [0.3, 0.4) is 0 Å². The molecule has 2 amide bonds. The first-order chi connectivity index (χ1) is 19.7. The number of aliphatic hydroxyl groups is 1. The highest BCUT2D eigenvalue weighted by atomic mass is 19.4. The fraction of sp³-hybridized carbons (Fsp3) is 0.517. The van der Waals surface area contributed by atoms with Crippen molar-refractivity contribution in [2.45, 2.75) is 69.3 Å². The molecule has 6 nitrogen and oxygen atoms in total. The average Bonchev–Trinajstić information content (AvgIpc) is 3.35. The molecule has 2 aromatic rings. The second-order valence-corrected chi connectivity index (χ2v) is 10.8. The van der Waals surface area contributed by atoms with Crippen molar-refractivity contribution < 1.29 is 50.2 Å². The molecule has 0 bridgehead atoms. The van der Waals surface area contributed by atoms with Gasteiger partial charge in [-0.25, -0.2) is 4.39 Å². The average molecular weight is 605 g/mol. The van der Waals surface area contributed by atoms with E-state index in [-0.39, 0.29) is 48.3 Å². The number of carbonyl (C=O) groups excluding carboxylic acids is 2. The minimum Gasteiger partial charge on any atom is -0.393 e. The molecule has 3 aliphatic rings. The molecule has 0 spiro atoms. The first kappa shape index (κ1) is 31.7. The number of ether oxygens (including phenoxy) is 1. The number of hydrogen-bond donors (Lipinski definition) is 1. The van der Waals surface area contributed by atoms with Gasteiger partial charge in [0.2, 0.25) is 11.8 Å². The Bertz CT molecular complexity index is 1200. The van der Waals surface area contributed by atoms with Gasteiger partial charge in [0, 0.05) is 38.0 Å². The molecule has 3 fully saturated rings. The lowest BCUT2D eigenvalue weighted by Crippen LogP contribution is -2.49. The standard InChI is InChI=1S/C23H26F6N2O4.C6H5F/c24-22(25,26)15-5-13(6-16(9-15)23(27,28)29)12-35-19-10-17-7-14(8-20(33)31(17)11-19)21(34)30-3-1-18(32)2-4-30;7-6-4-2-1-3-5-6/h5-6,9,14,17-19,32H,1-4,7-8,10-12H2;1-5H. The van der Waals surface area contributed by atoms with Gasteiger partial charge in [-0.3, -0.25) is 9.59 Å². The Morgan fingerprint density at radius 2 is 1.52 bits per heavy atom. The molecule has 3 saturated heterocycles. The van der Waals surface area contributed by atoms with E-state index in [1.165, 1.54) is 12.1 Å². The van der Waals surface area contributed by atoms with Crippen LogP contribution in [0, 0.1) is 11.7 Å². The molecule has 230 valence electrons. The highest BCUT2D eigenvalue weighted by Gasteiger charge is 2.44. The van der Waals surface area contributed by atoms with Gasteiger partial charge in [-0.15, -0.1) is 0 Å². The van der Waals surface area contributed by atoms with Crippen molar-refractivity contribution in [2.24, 2.45) is 5.92 Å². The number of piperidine rings is 2. The summed E-state index contributed by atoms with van der Waals surface area (Å²) < 4.78 is 96.0. The Labute approximate surface area is 238 Å². The lowest BCUT2D eigenvalue weighted by molar-refractivity contribution is -0.147. The van der Waals surface area contributed by atoms with Gasteiger partial charge in [-0.1, -0.05) is 18.2 Å². The topological polar surface area (TPSA) is 70.1 Å². The fourth-order valence-corrected chi connectivity index (χ4v) is 5.53. The summed E-state index contributed by atoms with van der Waals surface area (Å²) in [6, 6.07) is 8.99. The van der Waals surface area contributed by atoms with Crippen LogP contribution < -0.4 is 0 Å². The van der Waals surface area contributed by atoms with Crippen molar-refractivity contribution in [3.05, 3.63) is 71.0 Å². The van der Waals surface area contributed by atoms with Gasteiger partial charge in [0.1, 0.15) is 5.82 Å². The van der Waals surface area contributed by atoms with E-state index in [1.807, 2.05) is 0 Å². The molecule has 0 aliphatic carbocycles. The number of carbonyl (C=O) groups is 2. The molecule has 1 N–H and O–H groups in total. The summed E-state index contributed by atoms with van der Waals surface area (Å²) >= 11 is 0. The van der Waals surface area contributed by atoms with Gasteiger partial charge in [0.05, 0.1) is 29.9 Å². The van der Waals surface area contributed by atoms with Crippen LogP contribution >= 0.6 is 0 Å². The molecule has 0 saturated carbocycles. The van der Waals surface area contributed by atoms with E-state index < -0.39 is 48.2 Å². The van der Waals surface area contributed by atoms with Crippen LogP contribution in [0.2, 0.25) is 0 Å². The summed E-state index contributed by atoms with van der Waals surface area (Å²) in [4.78, 5) is 28.8. The molecule has 3 atom stereocenters. The lowest BCUT2D eigenvalue weighted by Gasteiger charge is -2.37. The normalized spacial score (nSPS) is 23.3. The van der Waals surface area contributed by atoms with Gasteiger partial charge >= 0.3 is 12.4 Å². The third-order valence-electron chi connectivity index (χ3n) is 7.67. The minimum atomic E-state index is -4.94. The molecule has 42 heavy (non-hydrogen) atoms. The molecule has 5 rings (SSSR count). The highest BCUT2D eigenvalue weighted by Crippen LogP contribution is 2.38. The van der Waals surface area contributed by atoms with Gasteiger partial charge in [0.25, 0.3) is 0 Å². The minimum absolute atomic E-state index is 0.0453. The number of aliphatic hydroxyl groups excluding tert-OH is 1. The Balaban J connectivity index is 0.000000507. The Morgan fingerprint density at radius 1 is 0.929 bits per heavy atom. The summed E-state index contributed by atoms with van der Waals surface area (Å²) in [5, 5.41) is 9.63. The van der Waals surface area contributed by atoms with Crippen molar-refractivity contribution in [2.75, 3.05) is 19.6 Å². The number of fused-ring (bicyclic) bond motifs is 1. The van der Waals surface area contributed by atoms with Crippen LogP contribution in [0.5, 0.6) is 0 Å². The second kappa shape index (κ2) is 13.0. The maximum atomic E-state index is 13.1. The van der Waals surface area contributed by atoms with Gasteiger partial charge in [0.15, 0.2) is 0 Å². The summed E-state index contributed by atoms with van der Waals surface area (Å²) in [5.41, 5.74) is -3.07. The smallest absolute Gasteiger partial charge is 0.393 e. The van der Waals surface area contributed by atoms with E-state index in [9.17, 15) is 45.4 Å². The third kappa shape index (κ3) is 8.21. The second-order valence-electron chi connectivity index (χ2n) is 10.8. The van der Waals surface area contributed by atoms with E-state index in [0.717, 1.165) is 0 Å². The van der Waals surface area contributed by atoms with Crippen LogP contribution in [0.25, 0.3) is 0 Å². The fourth-order valence-electron chi connectivity index (χ4n) is 5.53. The summed E-state index contributed by atoms with van der Waals surface area (Å²) in [7, 11) is 0. The molecule has 13 heteroatoms. The molecule has 3 heterocycles. The molecule has 0 aromatic heterocycles. The number of hydrogen-bond acceptors (Lipinski definition) is 4. The molecule has 3 unspecified atom stereocenters. The third-order valence-corrected chi connectivity index (χ3v) is 7.67. The van der Waals surface area contributed by atoms with Crippen molar-refractivity contribution >= 4 is 11.8 Å². The number of amides is 2. The lowest BCUT2D eigenvalue weighted by atomic mass is 9.88. The zero-order chi connectivity index (χ0) is 30.7. The van der Waals surface area contributed by atoms with E-state index in [1.54, 1.807) is 28.0 Å². The number of alkyl halides is 6. The molecule has 2 aromatic carbocycles. The van der Waals surface area contributed by atoms with Crippen molar-refractivity contribution in [3.8, 4) is 0 Å².